The Kier molecular flexibility index (Phi) is 4.09. The number of carbonyl (C=O) groups is 2. The van der Waals surface area contributed by atoms with Gasteiger partial charge in [0, 0.05) is 0 Å². The zero-order valence-electron chi connectivity index (χ0n) is 12.5. The standard InChI is InChI=1S/C16H15N3O4/c1-22-15(20)10-19-12-6-3-2-5-11(12)18-14(19)9-17-16(21)13-7-4-8-23-13/h2-8H,9-10H2,1H3,(H,17,21). The number of methoxy groups -OCH3 is 1. The minimum atomic E-state index is -0.383. The first-order valence-corrected chi connectivity index (χ1v) is 7.01. The van der Waals surface area contributed by atoms with E-state index in [1.165, 1.54) is 13.4 Å². The van der Waals surface area contributed by atoms with Crippen molar-refractivity contribution in [2.24, 2.45) is 0 Å². The lowest BCUT2D eigenvalue weighted by atomic mass is 10.3. The number of aromatic nitrogens is 2. The van der Waals surface area contributed by atoms with Crippen LogP contribution in [0, 0.1) is 0 Å². The molecule has 1 amide bonds. The zero-order chi connectivity index (χ0) is 16.2. The number of rotatable bonds is 5. The molecule has 0 saturated heterocycles. The van der Waals surface area contributed by atoms with E-state index < -0.39 is 0 Å². The number of para-hydroxylation sites is 2. The number of hydrogen-bond donors (Lipinski definition) is 1. The van der Waals surface area contributed by atoms with E-state index >= 15 is 0 Å². The van der Waals surface area contributed by atoms with Crippen LogP contribution in [0.2, 0.25) is 0 Å². The van der Waals surface area contributed by atoms with Gasteiger partial charge in [-0.1, -0.05) is 12.1 Å². The Morgan fingerprint density at radius 1 is 1.26 bits per heavy atom. The Labute approximate surface area is 131 Å². The summed E-state index contributed by atoms with van der Waals surface area (Å²) in [7, 11) is 1.33. The summed E-state index contributed by atoms with van der Waals surface area (Å²) < 4.78 is 11.5. The molecule has 3 rings (SSSR count). The largest absolute Gasteiger partial charge is 0.468 e. The predicted molar refractivity (Wildman–Crippen MR) is 81.6 cm³/mol. The molecular formula is C16H15N3O4. The lowest BCUT2D eigenvalue weighted by Gasteiger charge is -2.08. The third-order valence-corrected chi connectivity index (χ3v) is 3.40. The van der Waals surface area contributed by atoms with Crippen molar-refractivity contribution >= 4 is 22.9 Å². The fraction of sp³-hybridized carbons (Fsp3) is 0.188. The van der Waals surface area contributed by atoms with Gasteiger partial charge in [0.2, 0.25) is 0 Å². The van der Waals surface area contributed by atoms with Crippen LogP contribution in [-0.4, -0.2) is 28.5 Å². The van der Waals surface area contributed by atoms with Gasteiger partial charge in [-0.25, -0.2) is 4.98 Å². The van der Waals surface area contributed by atoms with E-state index in [-0.39, 0.29) is 30.7 Å². The van der Waals surface area contributed by atoms with Crippen LogP contribution in [0.4, 0.5) is 0 Å². The number of benzene rings is 1. The van der Waals surface area contributed by atoms with Gasteiger partial charge in [0.1, 0.15) is 12.4 Å². The van der Waals surface area contributed by atoms with E-state index in [0.29, 0.717) is 5.82 Å². The Balaban J connectivity index is 1.85. The SMILES string of the molecule is COC(=O)Cn1c(CNC(=O)c2ccco2)nc2ccccc21. The molecule has 0 fully saturated rings. The summed E-state index contributed by atoms with van der Waals surface area (Å²) in [6.07, 6.45) is 1.43. The molecule has 0 aliphatic rings. The van der Waals surface area contributed by atoms with Crippen LogP contribution in [0.15, 0.2) is 47.1 Å². The summed E-state index contributed by atoms with van der Waals surface area (Å²) in [6, 6.07) is 10.7. The third-order valence-electron chi connectivity index (χ3n) is 3.40. The van der Waals surface area contributed by atoms with Gasteiger partial charge in [-0.2, -0.15) is 0 Å². The van der Waals surface area contributed by atoms with Crippen molar-refractivity contribution in [3.8, 4) is 0 Å². The van der Waals surface area contributed by atoms with Crippen LogP contribution in [0.1, 0.15) is 16.4 Å². The molecule has 0 bridgehead atoms. The zero-order valence-corrected chi connectivity index (χ0v) is 12.5. The number of hydrogen-bond acceptors (Lipinski definition) is 5. The Morgan fingerprint density at radius 2 is 2.09 bits per heavy atom. The maximum Gasteiger partial charge on any atom is 0.325 e. The van der Waals surface area contributed by atoms with Gasteiger partial charge < -0.3 is 19.0 Å². The Bertz CT molecular complexity index is 836. The smallest absolute Gasteiger partial charge is 0.325 e. The number of nitrogens with zero attached hydrogens (tertiary/aromatic N) is 2. The van der Waals surface area contributed by atoms with Crippen LogP contribution in [0.3, 0.4) is 0 Å². The molecule has 2 aromatic heterocycles. The number of ether oxygens (including phenoxy) is 1. The van der Waals surface area contributed by atoms with Crippen molar-refractivity contribution < 1.29 is 18.7 Å². The number of imidazole rings is 1. The van der Waals surface area contributed by atoms with Gasteiger partial charge in [0.15, 0.2) is 5.76 Å². The van der Waals surface area contributed by atoms with Crippen LogP contribution >= 0.6 is 0 Å². The molecule has 23 heavy (non-hydrogen) atoms. The lowest BCUT2D eigenvalue weighted by molar-refractivity contribution is -0.141. The van der Waals surface area contributed by atoms with Crippen molar-refractivity contribution in [1.29, 1.82) is 0 Å². The second-order valence-corrected chi connectivity index (χ2v) is 4.84. The minimum Gasteiger partial charge on any atom is -0.468 e. The molecule has 0 saturated carbocycles. The second-order valence-electron chi connectivity index (χ2n) is 4.84. The normalized spacial score (nSPS) is 10.7. The summed E-state index contributed by atoms with van der Waals surface area (Å²) >= 11 is 0. The van der Waals surface area contributed by atoms with E-state index in [4.69, 9.17) is 9.15 Å². The lowest BCUT2D eigenvalue weighted by Crippen LogP contribution is -2.25. The number of furan rings is 1. The Morgan fingerprint density at radius 3 is 2.83 bits per heavy atom. The highest BCUT2D eigenvalue weighted by Crippen LogP contribution is 2.16. The summed E-state index contributed by atoms with van der Waals surface area (Å²) in [5, 5.41) is 2.73. The molecule has 7 nitrogen and oxygen atoms in total. The highest BCUT2D eigenvalue weighted by Gasteiger charge is 2.15. The molecule has 118 valence electrons. The van der Waals surface area contributed by atoms with Crippen LogP contribution < -0.4 is 5.32 Å². The van der Waals surface area contributed by atoms with Crippen molar-refractivity contribution in [2.75, 3.05) is 7.11 Å². The molecule has 3 aromatic rings. The van der Waals surface area contributed by atoms with Gasteiger partial charge in [-0.05, 0) is 24.3 Å². The van der Waals surface area contributed by atoms with E-state index in [0.717, 1.165) is 11.0 Å². The molecule has 0 spiro atoms. The van der Waals surface area contributed by atoms with E-state index in [2.05, 4.69) is 10.3 Å². The number of nitrogens with one attached hydrogen (secondary N) is 1. The number of amides is 1. The summed E-state index contributed by atoms with van der Waals surface area (Å²) in [6.45, 7) is 0.203. The van der Waals surface area contributed by atoms with Crippen molar-refractivity contribution in [2.45, 2.75) is 13.1 Å². The molecule has 0 aliphatic heterocycles. The van der Waals surface area contributed by atoms with Crippen LogP contribution in [-0.2, 0) is 22.6 Å². The van der Waals surface area contributed by atoms with E-state index in [1.807, 2.05) is 24.3 Å². The van der Waals surface area contributed by atoms with Gasteiger partial charge in [-0.15, -0.1) is 0 Å². The first-order valence-electron chi connectivity index (χ1n) is 7.01. The topological polar surface area (TPSA) is 86.4 Å². The quantitative estimate of drug-likeness (QED) is 0.725. The van der Waals surface area contributed by atoms with E-state index in [1.54, 1.807) is 16.7 Å². The average molecular weight is 313 g/mol. The first kappa shape index (κ1) is 14.8. The summed E-state index contributed by atoms with van der Waals surface area (Å²) in [5.41, 5.74) is 1.55. The molecular weight excluding hydrogens is 298 g/mol. The van der Waals surface area contributed by atoms with Gasteiger partial charge in [0.05, 0.1) is 31.0 Å². The molecule has 7 heteroatoms. The summed E-state index contributed by atoms with van der Waals surface area (Å²) in [4.78, 5) is 28.0. The highest BCUT2D eigenvalue weighted by atomic mass is 16.5. The van der Waals surface area contributed by atoms with E-state index in [9.17, 15) is 9.59 Å². The average Bonchev–Trinajstić information content (AvgIpc) is 3.21. The molecule has 0 radical (unpaired) electrons. The molecule has 2 heterocycles. The highest BCUT2D eigenvalue weighted by molar-refractivity contribution is 5.91. The maximum atomic E-state index is 12.0. The number of esters is 1. The number of carbonyl (C=O) groups excluding carboxylic acids is 2. The second kappa shape index (κ2) is 6.35. The van der Waals surface area contributed by atoms with Crippen LogP contribution in [0.25, 0.3) is 11.0 Å². The molecule has 0 atom stereocenters. The van der Waals surface area contributed by atoms with Gasteiger partial charge in [-0.3, -0.25) is 9.59 Å². The maximum absolute atomic E-state index is 12.0. The monoisotopic (exact) mass is 313 g/mol. The van der Waals surface area contributed by atoms with Crippen molar-refractivity contribution in [3.63, 3.8) is 0 Å². The minimum absolute atomic E-state index is 0.0307. The fourth-order valence-electron chi connectivity index (χ4n) is 2.28. The van der Waals surface area contributed by atoms with Crippen molar-refractivity contribution in [1.82, 2.24) is 14.9 Å². The molecule has 0 aliphatic carbocycles. The summed E-state index contributed by atoms with van der Waals surface area (Å²) in [5.74, 6) is 0.0653. The number of fused-ring (bicyclic) bond motifs is 1. The van der Waals surface area contributed by atoms with Crippen molar-refractivity contribution in [3.05, 3.63) is 54.2 Å². The van der Waals surface area contributed by atoms with Gasteiger partial charge in [0.25, 0.3) is 5.91 Å². The molecule has 1 aromatic carbocycles. The van der Waals surface area contributed by atoms with Crippen LogP contribution in [0.5, 0.6) is 0 Å². The first-order chi connectivity index (χ1) is 11.2. The molecule has 0 unspecified atom stereocenters. The third kappa shape index (κ3) is 3.08. The van der Waals surface area contributed by atoms with Gasteiger partial charge >= 0.3 is 5.97 Å². The Hall–Kier alpha value is -3.09. The molecule has 1 N–H and O–H groups in total. The fourth-order valence-corrected chi connectivity index (χ4v) is 2.28. The predicted octanol–water partition coefficient (Wildman–Crippen LogP) is 1.73.